The molecule has 33 heavy (non-hydrogen) atoms. The fraction of sp³-hybridized carbons (Fsp3) is 0.208. The second-order valence-electron chi connectivity index (χ2n) is 7.99. The Morgan fingerprint density at radius 1 is 0.970 bits per heavy atom. The van der Waals surface area contributed by atoms with Gasteiger partial charge in [-0.05, 0) is 41.8 Å². The number of benzene rings is 2. The lowest BCUT2D eigenvalue weighted by Gasteiger charge is -2.11. The molecule has 7 nitrogen and oxygen atoms in total. The minimum absolute atomic E-state index is 0.0125. The number of nitrogens with one attached hydrogen (secondary N) is 1. The minimum atomic E-state index is -3.97. The summed E-state index contributed by atoms with van der Waals surface area (Å²) >= 11 is 0. The van der Waals surface area contributed by atoms with Crippen molar-refractivity contribution in [3.8, 4) is 0 Å². The Labute approximate surface area is 194 Å². The second kappa shape index (κ2) is 9.09. The minimum Gasteiger partial charge on any atom is -0.261 e. The predicted octanol–water partition coefficient (Wildman–Crippen LogP) is 4.07. The van der Waals surface area contributed by atoms with Crippen LogP contribution in [0.25, 0.3) is 10.9 Å². The van der Waals surface area contributed by atoms with Crippen LogP contribution in [-0.4, -0.2) is 32.3 Å². The second-order valence-corrected chi connectivity index (χ2v) is 11.6. The van der Waals surface area contributed by atoms with E-state index in [1.165, 1.54) is 10.2 Å². The van der Waals surface area contributed by atoms with Gasteiger partial charge in [-0.15, -0.1) is 0 Å². The van der Waals surface area contributed by atoms with Crippen LogP contribution in [0, 0.1) is 0 Å². The van der Waals surface area contributed by atoms with Gasteiger partial charge < -0.3 is 0 Å². The van der Waals surface area contributed by atoms with Crippen LogP contribution >= 0.6 is 0 Å². The molecule has 2 aromatic carbocycles. The standard InChI is InChI=1S/C24H25N3O4S2/c1-18(2)21-12-8-13-22-24(21)23(17-27(22)33(30,31)20-10-4-3-5-11-20)32(28,29)26-16-14-19-9-6-7-15-25-19/h3-13,15,17-18,26H,14,16H2,1-2H3/p+1. The first-order valence-electron chi connectivity index (χ1n) is 10.6. The molecule has 172 valence electrons. The molecule has 0 aliphatic heterocycles. The lowest BCUT2D eigenvalue weighted by molar-refractivity contribution is 0.582. The van der Waals surface area contributed by atoms with Crippen LogP contribution < -0.4 is 4.72 Å². The van der Waals surface area contributed by atoms with Gasteiger partial charge in [0.25, 0.3) is 0 Å². The maximum Gasteiger partial charge on any atom is 0.402 e. The van der Waals surface area contributed by atoms with Crippen molar-refractivity contribution in [3.63, 3.8) is 0 Å². The Balaban J connectivity index is 1.82. The normalized spacial score (nSPS) is 13.9. The van der Waals surface area contributed by atoms with Crippen LogP contribution in [0.1, 0.15) is 31.0 Å². The first-order chi connectivity index (χ1) is 15.7. The summed E-state index contributed by atoms with van der Waals surface area (Å²) in [5, 5.41) is 0.454. The van der Waals surface area contributed by atoms with Gasteiger partial charge in [0.2, 0.25) is 10.0 Å². The van der Waals surface area contributed by atoms with Crippen molar-refractivity contribution in [2.75, 3.05) is 6.54 Å². The van der Waals surface area contributed by atoms with E-state index < -0.39 is 20.0 Å². The Morgan fingerprint density at radius 2 is 1.70 bits per heavy atom. The van der Waals surface area contributed by atoms with Crippen molar-refractivity contribution in [1.29, 1.82) is 0 Å². The van der Waals surface area contributed by atoms with E-state index in [4.69, 9.17) is 0 Å². The van der Waals surface area contributed by atoms with Crippen LogP contribution in [0.15, 0.2) is 88.9 Å². The van der Waals surface area contributed by atoms with Crippen molar-refractivity contribution in [2.45, 2.75) is 36.0 Å². The Kier molecular flexibility index (Phi) is 6.38. The number of rotatable bonds is 8. The molecule has 4 rings (SSSR count). The van der Waals surface area contributed by atoms with Crippen LogP contribution in [0.3, 0.4) is 0 Å². The predicted molar refractivity (Wildman–Crippen MR) is 129 cm³/mol. The Morgan fingerprint density at radius 3 is 2.36 bits per heavy atom. The highest BCUT2D eigenvalue weighted by atomic mass is 32.2. The molecule has 9 heteroatoms. The molecule has 2 N–H and O–H groups in total. The fourth-order valence-corrected chi connectivity index (χ4v) is 6.52. The van der Waals surface area contributed by atoms with E-state index in [-0.39, 0.29) is 22.3 Å². The monoisotopic (exact) mass is 484 g/mol. The zero-order valence-corrected chi connectivity index (χ0v) is 20.0. The van der Waals surface area contributed by atoms with Crippen LogP contribution in [-0.2, 0) is 26.5 Å². The first-order valence-corrected chi connectivity index (χ1v) is 13.5. The number of aromatic nitrogens is 2. The quantitative estimate of drug-likeness (QED) is 0.381. The summed E-state index contributed by atoms with van der Waals surface area (Å²) in [6.07, 6.45) is 3.36. The van der Waals surface area contributed by atoms with Crippen LogP contribution in [0.5, 0.6) is 0 Å². The van der Waals surface area contributed by atoms with Gasteiger partial charge in [0.15, 0.2) is 0 Å². The number of hydrogen-bond acceptors (Lipinski definition) is 4. The van der Waals surface area contributed by atoms with Gasteiger partial charge in [0, 0.05) is 36.4 Å². The number of nitrogens with zero attached hydrogens (tertiary/aromatic N) is 2. The SMILES string of the molecule is CC(C)c1cccc2c1c(S(=O)(=O)NCCc1ccccn1)cn2S(=O)(=[OH+])c1ccccc1. The van der Waals surface area contributed by atoms with Gasteiger partial charge >= 0.3 is 10.0 Å². The summed E-state index contributed by atoms with van der Waals surface area (Å²) in [7, 11) is -7.72. The van der Waals surface area contributed by atoms with Gasteiger partial charge in [-0.25, -0.2) is 17.3 Å². The molecule has 0 spiro atoms. The molecule has 0 bridgehead atoms. The zero-order valence-electron chi connectivity index (χ0n) is 18.4. The van der Waals surface area contributed by atoms with Gasteiger partial charge in [-0.2, -0.15) is 8.18 Å². The molecule has 1 unspecified atom stereocenters. The van der Waals surface area contributed by atoms with Crippen molar-refractivity contribution in [2.24, 2.45) is 0 Å². The highest BCUT2D eigenvalue weighted by Crippen LogP contribution is 2.34. The van der Waals surface area contributed by atoms with Gasteiger partial charge in [0.1, 0.15) is 9.79 Å². The lowest BCUT2D eigenvalue weighted by Crippen LogP contribution is -2.26. The third-order valence-electron chi connectivity index (χ3n) is 5.42. The molecule has 1 atom stereocenters. The average Bonchev–Trinajstić information content (AvgIpc) is 3.22. The lowest BCUT2D eigenvalue weighted by atomic mass is 9.99. The van der Waals surface area contributed by atoms with Gasteiger partial charge in [-0.1, -0.05) is 50.2 Å². The number of sulfonamides is 1. The number of fused-ring (bicyclic) bond motifs is 1. The molecule has 0 saturated heterocycles. The summed E-state index contributed by atoms with van der Waals surface area (Å²) in [4.78, 5) is 4.40. The molecule has 0 amide bonds. The largest absolute Gasteiger partial charge is 0.402 e. The van der Waals surface area contributed by atoms with E-state index in [0.29, 0.717) is 17.3 Å². The summed E-state index contributed by atoms with van der Waals surface area (Å²) in [5.74, 6) is 0.0125. The third-order valence-corrected chi connectivity index (χ3v) is 8.62. The molecule has 0 fully saturated rings. The summed E-state index contributed by atoms with van der Waals surface area (Å²) in [6.45, 7) is 4.08. The van der Waals surface area contributed by atoms with E-state index in [9.17, 15) is 16.8 Å². The van der Waals surface area contributed by atoms with E-state index in [1.54, 1.807) is 54.7 Å². The summed E-state index contributed by atoms with van der Waals surface area (Å²) < 4.78 is 55.1. The summed E-state index contributed by atoms with van der Waals surface area (Å²) in [6, 6.07) is 19.0. The van der Waals surface area contributed by atoms with Crippen LogP contribution in [0.4, 0.5) is 0 Å². The topological polar surface area (TPSA) is 102 Å². The molecule has 0 aliphatic carbocycles. The molecular weight excluding hydrogens is 458 g/mol. The highest BCUT2D eigenvalue weighted by molar-refractivity contribution is 7.91. The van der Waals surface area contributed by atoms with E-state index in [1.807, 2.05) is 32.0 Å². The fourth-order valence-electron chi connectivity index (χ4n) is 3.79. The van der Waals surface area contributed by atoms with Crippen molar-refractivity contribution in [1.82, 2.24) is 13.7 Å². The van der Waals surface area contributed by atoms with Gasteiger partial charge in [0.05, 0.1) is 5.52 Å². The summed E-state index contributed by atoms with van der Waals surface area (Å²) in [5.41, 5.74) is 1.95. The van der Waals surface area contributed by atoms with Crippen molar-refractivity contribution in [3.05, 3.63) is 90.4 Å². The molecule has 0 saturated carbocycles. The highest BCUT2D eigenvalue weighted by Gasteiger charge is 2.31. The van der Waals surface area contributed by atoms with E-state index in [2.05, 4.69) is 9.71 Å². The number of pyridine rings is 1. The van der Waals surface area contributed by atoms with Crippen molar-refractivity contribution >= 4 is 30.9 Å². The molecule has 4 aromatic rings. The molecule has 0 radical (unpaired) electrons. The maximum absolute atomic E-state index is 13.5. The van der Waals surface area contributed by atoms with Crippen LogP contribution in [0.2, 0.25) is 0 Å². The van der Waals surface area contributed by atoms with Crippen molar-refractivity contribution < 1.29 is 16.8 Å². The maximum atomic E-state index is 13.5. The molecule has 2 aromatic heterocycles. The average molecular weight is 485 g/mol. The smallest absolute Gasteiger partial charge is 0.261 e. The van der Waals surface area contributed by atoms with E-state index in [0.717, 1.165) is 11.3 Å². The molecular formula is C24H26N3O4S2+. The molecule has 2 heterocycles. The molecule has 0 aliphatic rings. The Hall–Kier alpha value is -3.01. The first kappa shape index (κ1) is 23.2. The van der Waals surface area contributed by atoms with Gasteiger partial charge in [-0.3, -0.25) is 4.98 Å². The number of hydrogen-bond donors (Lipinski definition) is 1. The Bertz CT molecular complexity index is 1480. The third kappa shape index (κ3) is 4.57. The van der Waals surface area contributed by atoms with E-state index >= 15 is 0 Å². The zero-order chi connectivity index (χ0) is 23.6.